The summed E-state index contributed by atoms with van der Waals surface area (Å²) in [5.74, 6) is 0.891. The summed E-state index contributed by atoms with van der Waals surface area (Å²) in [4.78, 5) is 20.4. The molecule has 1 saturated carbocycles. The molecule has 4 rings (SSSR count). The molecule has 0 aliphatic heterocycles. The van der Waals surface area contributed by atoms with E-state index in [4.69, 9.17) is 4.52 Å². The van der Waals surface area contributed by atoms with Crippen LogP contribution < -0.4 is 5.32 Å². The topological polar surface area (TPSA) is 80.9 Å². The van der Waals surface area contributed by atoms with Crippen molar-refractivity contribution in [1.29, 1.82) is 0 Å². The number of carbonyl (C=O) groups excluding carboxylic acids is 1. The molecule has 1 N–H and O–H groups in total. The van der Waals surface area contributed by atoms with Crippen molar-refractivity contribution in [3.05, 3.63) is 64.1 Å². The summed E-state index contributed by atoms with van der Waals surface area (Å²) >= 11 is 3.48. The van der Waals surface area contributed by atoms with Gasteiger partial charge < -0.3 is 9.84 Å². The van der Waals surface area contributed by atoms with E-state index in [0.717, 1.165) is 23.7 Å². The molecule has 1 aliphatic rings. The maximum atomic E-state index is 11.6. The molecular weight excluding hydrogens is 396 g/mol. The van der Waals surface area contributed by atoms with Crippen LogP contribution in [0.15, 0.2) is 51.6 Å². The highest BCUT2D eigenvalue weighted by Crippen LogP contribution is 2.48. The van der Waals surface area contributed by atoms with Crippen LogP contribution in [0, 0.1) is 0 Å². The minimum Gasteiger partial charge on any atom is -0.354 e. The molecule has 6 nitrogen and oxygen atoms in total. The number of carbonyl (C=O) groups is 1. The van der Waals surface area contributed by atoms with Crippen LogP contribution in [-0.2, 0) is 5.41 Å². The zero-order chi connectivity index (χ0) is 18.1. The van der Waals surface area contributed by atoms with Crippen LogP contribution in [-0.4, -0.2) is 28.1 Å². The normalized spacial score (nSPS) is 15.3. The average Bonchev–Trinajstić information content (AvgIpc) is 3.12. The van der Waals surface area contributed by atoms with E-state index in [0.29, 0.717) is 23.0 Å². The lowest BCUT2D eigenvalue weighted by Gasteiger charge is -2.39. The van der Waals surface area contributed by atoms with Gasteiger partial charge in [-0.2, -0.15) is 4.98 Å². The lowest BCUT2D eigenvalue weighted by Crippen LogP contribution is -2.36. The van der Waals surface area contributed by atoms with Crippen LogP contribution in [0.25, 0.3) is 11.5 Å². The number of hydrogen-bond acceptors (Lipinski definition) is 5. The largest absolute Gasteiger partial charge is 0.354 e. The smallest absolute Gasteiger partial charge is 0.269 e. The third-order valence-corrected chi connectivity index (χ3v) is 5.46. The molecule has 1 fully saturated rings. The Balaban J connectivity index is 1.65. The molecule has 0 bridgehead atoms. The summed E-state index contributed by atoms with van der Waals surface area (Å²) < 4.78 is 6.54. The molecule has 1 aliphatic carbocycles. The maximum absolute atomic E-state index is 11.6. The zero-order valence-electron chi connectivity index (χ0n) is 14.2. The fourth-order valence-electron chi connectivity index (χ4n) is 3.26. The maximum Gasteiger partial charge on any atom is 0.269 e. The van der Waals surface area contributed by atoms with Gasteiger partial charge in [0.25, 0.3) is 11.8 Å². The Morgan fingerprint density at radius 3 is 2.54 bits per heavy atom. The van der Waals surface area contributed by atoms with Gasteiger partial charge in [-0.05, 0) is 42.7 Å². The van der Waals surface area contributed by atoms with Gasteiger partial charge in [0.2, 0.25) is 0 Å². The van der Waals surface area contributed by atoms with Gasteiger partial charge in [0.15, 0.2) is 5.82 Å². The van der Waals surface area contributed by atoms with E-state index >= 15 is 0 Å². The lowest BCUT2D eigenvalue weighted by molar-refractivity contribution is 0.0958. The molecule has 0 unspecified atom stereocenters. The van der Waals surface area contributed by atoms with Crippen molar-refractivity contribution in [2.75, 3.05) is 7.05 Å². The monoisotopic (exact) mass is 412 g/mol. The highest BCUT2D eigenvalue weighted by molar-refractivity contribution is 9.10. The summed E-state index contributed by atoms with van der Waals surface area (Å²) in [6.07, 6.45) is 4.72. The van der Waals surface area contributed by atoms with Crippen LogP contribution in [0.3, 0.4) is 0 Å². The molecule has 2 aromatic heterocycles. The molecule has 0 radical (unpaired) electrons. The number of nitrogens with one attached hydrogen (secondary N) is 1. The summed E-state index contributed by atoms with van der Waals surface area (Å²) in [6.45, 7) is 0. The predicted octanol–water partition coefficient (Wildman–Crippen LogP) is 3.72. The second-order valence-corrected chi connectivity index (χ2v) is 7.29. The third-order valence-electron chi connectivity index (χ3n) is 4.93. The van der Waals surface area contributed by atoms with Crippen molar-refractivity contribution in [3.63, 3.8) is 0 Å². The van der Waals surface area contributed by atoms with Crippen LogP contribution in [0.2, 0.25) is 0 Å². The van der Waals surface area contributed by atoms with Gasteiger partial charge in [0.1, 0.15) is 5.69 Å². The Hall–Kier alpha value is -2.54. The first-order chi connectivity index (χ1) is 12.6. The molecule has 2 heterocycles. The molecule has 26 heavy (non-hydrogen) atoms. The van der Waals surface area contributed by atoms with Crippen molar-refractivity contribution in [2.24, 2.45) is 0 Å². The van der Waals surface area contributed by atoms with Gasteiger partial charge >= 0.3 is 0 Å². The lowest BCUT2D eigenvalue weighted by atomic mass is 9.64. The zero-order valence-corrected chi connectivity index (χ0v) is 15.8. The van der Waals surface area contributed by atoms with E-state index in [1.54, 1.807) is 25.4 Å². The van der Waals surface area contributed by atoms with E-state index in [1.807, 2.05) is 12.1 Å². The van der Waals surface area contributed by atoms with Gasteiger partial charge in [-0.15, -0.1) is 0 Å². The summed E-state index contributed by atoms with van der Waals surface area (Å²) in [5, 5.41) is 6.80. The number of nitrogens with zero attached hydrogens (tertiary/aromatic N) is 3. The molecule has 132 valence electrons. The van der Waals surface area contributed by atoms with Gasteiger partial charge in [0, 0.05) is 17.7 Å². The van der Waals surface area contributed by atoms with E-state index in [2.05, 4.69) is 48.5 Å². The average molecular weight is 413 g/mol. The molecule has 1 amide bonds. The summed E-state index contributed by atoms with van der Waals surface area (Å²) in [7, 11) is 1.57. The highest BCUT2D eigenvalue weighted by atomic mass is 79.9. The van der Waals surface area contributed by atoms with Crippen LogP contribution in [0.1, 0.15) is 41.1 Å². The number of aromatic nitrogens is 3. The fraction of sp³-hybridized carbons (Fsp3) is 0.263. The minimum absolute atomic E-state index is 0.183. The van der Waals surface area contributed by atoms with E-state index in [9.17, 15) is 4.79 Å². The Morgan fingerprint density at radius 1 is 1.19 bits per heavy atom. The molecule has 7 heteroatoms. The number of halogens is 1. The Bertz CT molecular complexity index is 931. The second-order valence-electron chi connectivity index (χ2n) is 6.38. The van der Waals surface area contributed by atoms with E-state index in [-0.39, 0.29) is 11.3 Å². The number of rotatable bonds is 4. The van der Waals surface area contributed by atoms with Gasteiger partial charge in [0.05, 0.1) is 11.0 Å². The first kappa shape index (κ1) is 16.9. The number of amides is 1. The summed E-state index contributed by atoms with van der Waals surface area (Å²) in [6, 6.07) is 11.7. The third kappa shape index (κ3) is 2.82. The van der Waals surface area contributed by atoms with Crippen LogP contribution in [0.5, 0.6) is 0 Å². The molecular formula is C19H17BrN4O2. The molecule has 0 atom stereocenters. The molecule has 0 saturated heterocycles. The van der Waals surface area contributed by atoms with Crippen LogP contribution >= 0.6 is 15.9 Å². The SMILES string of the molecule is CNC(=O)c1ccc(-c2nc(C3(c4ccc(Br)cc4)CCC3)no2)cn1. The van der Waals surface area contributed by atoms with Gasteiger partial charge in [-0.25, -0.2) is 0 Å². The van der Waals surface area contributed by atoms with Crippen molar-refractivity contribution in [3.8, 4) is 11.5 Å². The van der Waals surface area contributed by atoms with Crippen molar-refractivity contribution >= 4 is 21.8 Å². The quantitative estimate of drug-likeness (QED) is 0.705. The first-order valence-corrected chi connectivity index (χ1v) is 9.20. The minimum atomic E-state index is -0.230. The predicted molar refractivity (Wildman–Crippen MR) is 99.7 cm³/mol. The van der Waals surface area contributed by atoms with E-state index in [1.165, 1.54) is 5.56 Å². The first-order valence-electron chi connectivity index (χ1n) is 8.41. The Morgan fingerprint density at radius 2 is 1.96 bits per heavy atom. The van der Waals surface area contributed by atoms with Crippen LogP contribution in [0.4, 0.5) is 0 Å². The standard InChI is InChI=1S/C19H17BrN4O2/c1-21-16(25)15-8-3-12(11-22-15)17-23-18(24-26-17)19(9-2-10-19)13-4-6-14(20)7-5-13/h3-8,11H,2,9-10H2,1H3,(H,21,25). The van der Waals surface area contributed by atoms with Crippen molar-refractivity contribution in [2.45, 2.75) is 24.7 Å². The number of benzene rings is 1. The van der Waals surface area contributed by atoms with E-state index < -0.39 is 0 Å². The Labute approximate surface area is 159 Å². The number of pyridine rings is 1. The molecule has 1 aromatic carbocycles. The van der Waals surface area contributed by atoms with Crippen molar-refractivity contribution < 1.29 is 9.32 Å². The van der Waals surface area contributed by atoms with Gasteiger partial charge in [-0.1, -0.05) is 39.6 Å². The molecule has 0 spiro atoms. The Kier molecular flexibility index (Phi) is 4.32. The number of hydrogen-bond donors (Lipinski definition) is 1. The van der Waals surface area contributed by atoms with Crippen molar-refractivity contribution in [1.82, 2.24) is 20.4 Å². The summed E-state index contributed by atoms with van der Waals surface area (Å²) in [5.41, 5.74) is 2.06. The highest BCUT2D eigenvalue weighted by Gasteiger charge is 2.44. The molecule has 3 aromatic rings. The van der Waals surface area contributed by atoms with Gasteiger partial charge in [-0.3, -0.25) is 9.78 Å². The fourth-order valence-corrected chi connectivity index (χ4v) is 3.52. The second kappa shape index (κ2) is 6.64.